The number of benzene rings is 1. The van der Waals surface area contributed by atoms with Crippen molar-refractivity contribution in [3.8, 4) is 0 Å². The van der Waals surface area contributed by atoms with Gasteiger partial charge in [0.15, 0.2) is 0 Å². The van der Waals surface area contributed by atoms with Gasteiger partial charge >= 0.3 is 0 Å². The zero-order valence-electron chi connectivity index (χ0n) is 12.0. The van der Waals surface area contributed by atoms with Gasteiger partial charge in [0.05, 0.1) is 5.69 Å². The van der Waals surface area contributed by atoms with Gasteiger partial charge < -0.3 is 10.6 Å². The standard InChI is InChI=1S/C13H23N3O2S/c1-11(9-14)10-16(4)12-7-5-6-8-13(12)19(17,18)15(2)3/h5-8,11H,9-10,14H2,1-4H3. The average molecular weight is 285 g/mol. The quantitative estimate of drug-likeness (QED) is 0.845. The van der Waals surface area contributed by atoms with Gasteiger partial charge in [-0.25, -0.2) is 12.7 Å². The topological polar surface area (TPSA) is 66.6 Å². The molecule has 0 spiro atoms. The van der Waals surface area contributed by atoms with Crippen molar-refractivity contribution in [3.63, 3.8) is 0 Å². The van der Waals surface area contributed by atoms with Gasteiger partial charge in [-0.3, -0.25) is 0 Å². The number of rotatable bonds is 6. The van der Waals surface area contributed by atoms with Gasteiger partial charge in [0.25, 0.3) is 0 Å². The first-order chi connectivity index (χ1) is 8.80. The van der Waals surface area contributed by atoms with E-state index >= 15 is 0 Å². The molecule has 0 aliphatic carbocycles. The van der Waals surface area contributed by atoms with Gasteiger partial charge in [-0.05, 0) is 24.6 Å². The predicted molar refractivity (Wildman–Crippen MR) is 78.8 cm³/mol. The molecular weight excluding hydrogens is 262 g/mol. The zero-order chi connectivity index (χ0) is 14.6. The third kappa shape index (κ3) is 3.68. The summed E-state index contributed by atoms with van der Waals surface area (Å²) >= 11 is 0. The van der Waals surface area contributed by atoms with E-state index < -0.39 is 10.0 Å². The van der Waals surface area contributed by atoms with Crippen molar-refractivity contribution < 1.29 is 8.42 Å². The second kappa shape index (κ2) is 6.36. The lowest BCUT2D eigenvalue weighted by Crippen LogP contribution is -2.30. The normalized spacial score (nSPS) is 13.6. The van der Waals surface area contributed by atoms with E-state index in [9.17, 15) is 8.42 Å². The Bertz CT molecular complexity index is 514. The summed E-state index contributed by atoms with van der Waals surface area (Å²) in [4.78, 5) is 2.26. The molecule has 108 valence electrons. The van der Waals surface area contributed by atoms with Crippen LogP contribution < -0.4 is 10.6 Å². The van der Waals surface area contributed by atoms with E-state index in [1.54, 1.807) is 12.1 Å². The van der Waals surface area contributed by atoms with E-state index in [0.717, 1.165) is 6.54 Å². The Hall–Kier alpha value is -1.11. The van der Waals surface area contributed by atoms with Crippen molar-refractivity contribution in [3.05, 3.63) is 24.3 Å². The van der Waals surface area contributed by atoms with E-state index in [0.29, 0.717) is 23.0 Å². The van der Waals surface area contributed by atoms with Crippen LogP contribution in [0.4, 0.5) is 5.69 Å². The lowest BCUT2D eigenvalue weighted by atomic mass is 10.1. The molecular formula is C13H23N3O2S. The Balaban J connectivity index is 3.16. The second-order valence-electron chi connectivity index (χ2n) is 4.98. The van der Waals surface area contributed by atoms with E-state index in [-0.39, 0.29) is 0 Å². The Labute approximate surface area is 116 Å². The summed E-state index contributed by atoms with van der Waals surface area (Å²) < 4.78 is 25.8. The molecule has 1 aromatic rings. The minimum absolute atomic E-state index is 0.306. The largest absolute Gasteiger partial charge is 0.373 e. The second-order valence-corrected chi connectivity index (χ2v) is 7.10. The van der Waals surface area contributed by atoms with Gasteiger partial charge in [-0.2, -0.15) is 0 Å². The molecule has 1 unspecified atom stereocenters. The van der Waals surface area contributed by atoms with Gasteiger partial charge in [-0.15, -0.1) is 0 Å². The number of nitrogens with two attached hydrogens (primary N) is 1. The van der Waals surface area contributed by atoms with E-state index in [4.69, 9.17) is 5.73 Å². The van der Waals surface area contributed by atoms with Gasteiger partial charge in [0.2, 0.25) is 10.0 Å². The SMILES string of the molecule is CC(CN)CN(C)c1ccccc1S(=O)(=O)N(C)C. The Morgan fingerprint density at radius 2 is 1.79 bits per heavy atom. The highest BCUT2D eigenvalue weighted by Gasteiger charge is 2.22. The molecule has 0 fully saturated rings. The number of anilines is 1. The predicted octanol–water partition coefficient (Wildman–Crippen LogP) is 0.968. The van der Waals surface area contributed by atoms with Crippen molar-refractivity contribution in [2.45, 2.75) is 11.8 Å². The lowest BCUT2D eigenvalue weighted by molar-refractivity contribution is 0.520. The number of sulfonamides is 1. The summed E-state index contributed by atoms with van der Waals surface area (Å²) in [6, 6.07) is 7.03. The van der Waals surface area contributed by atoms with E-state index in [1.807, 2.05) is 31.0 Å². The maximum Gasteiger partial charge on any atom is 0.244 e. The van der Waals surface area contributed by atoms with Gasteiger partial charge in [-0.1, -0.05) is 19.1 Å². The van der Waals surface area contributed by atoms with Gasteiger partial charge in [0, 0.05) is 27.7 Å². The fourth-order valence-electron chi connectivity index (χ4n) is 1.83. The highest BCUT2D eigenvalue weighted by atomic mass is 32.2. The van der Waals surface area contributed by atoms with Crippen LogP contribution in [0, 0.1) is 5.92 Å². The van der Waals surface area contributed by atoms with Crippen molar-refractivity contribution in [1.29, 1.82) is 0 Å². The van der Waals surface area contributed by atoms with Crippen LogP contribution in [-0.4, -0.2) is 47.0 Å². The molecule has 1 atom stereocenters. The molecule has 0 heterocycles. The molecule has 5 nitrogen and oxygen atoms in total. The first-order valence-electron chi connectivity index (χ1n) is 6.23. The van der Waals surface area contributed by atoms with Crippen molar-refractivity contribution in [2.24, 2.45) is 11.7 Å². The van der Waals surface area contributed by atoms with Crippen LogP contribution in [-0.2, 0) is 10.0 Å². The molecule has 0 aliphatic heterocycles. The van der Waals surface area contributed by atoms with Crippen LogP contribution in [0.2, 0.25) is 0 Å². The summed E-state index contributed by atoms with van der Waals surface area (Å²) in [5.41, 5.74) is 6.32. The highest BCUT2D eigenvalue weighted by Crippen LogP contribution is 2.26. The van der Waals surface area contributed by atoms with Crippen LogP contribution in [0.15, 0.2) is 29.2 Å². The summed E-state index contributed by atoms with van der Waals surface area (Å²) in [6.45, 7) is 3.34. The molecule has 1 aromatic carbocycles. The monoisotopic (exact) mass is 285 g/mol. The molecule has 0 saturated heterocycles. The fraction of sp³-hybridized carbons (Fsp3) is 0.538. The Kier molecular flexibility index (Phi) is 5.34. The highest BCUT2D eigenvalue weighted by molar-refractivity contribution is 7.89. The third-order valence-electron chi connectivity index (χ3n) is 3.02. The molecule has 0 bridgehead atoms. The summed E-state index contributed by atoms with van der Waals surface area (Å²) in [6.07, 6.45) is 0. The van der Waals surface area contributed by atoms with E-state index in [2.05, 4.69) is 0 Å². The molecule has 2 N–H and O–H groups in total. The number of hydrogen-bond acceptors (Lipinski definition) is 4. The first-order valence-corrected chi connectivity index (χ1v) is 7.67. The van der Waals surface area contributed by atoms with Crippen LogP contribution in [0.1, 0.15) is 6.92 Å². The zero-order valence-corrected chi connectivity index (χ0v) is 12.8. The number of para-hydroxylation sites is 1. The van der Waals surface area contributed by atoms with Crippen molar-refractivity contribution in [1.82, 2.24) is 4.31 Å². The summed E-state index contributed by atoms with van der Waals surface area (Å²) in [7, 11) is 1.52. The number of nitrogens with zero attached hydrogens (tertiary/aromatic N) is 2. The lowest BCUT2D eigenvalue weighted by Gasteiger charge is -2.25. The van der Waals surface area contributed by atoms with Crippen molar-refractivity contribution in [2.75, 3.05) is 39.1 Å². The average Bonchev–Trinajstić information content (AvgIpc) is 2.38. The summed E-state index contributed by atoms with van der Waals surface area (Å²) in [5, 5.41) is 0. The smallest absolute Gasteiger partial charge is 0.244 e. The van der Waals surface area contributed by atoms with E-state index in [1.165, 1.54) is 18.4 Å². The minimum Gasteiger partial charge on any atom is -0.373 e. The molecule has 0 saturated carbocycles. The van der Waals surface area contributed by atoms with Crippen LogP contribution in [0.25, 0.3) is 0 Å². The molecule has 19 heavy (non-hydrogen) atoms. The molecule has 6 heteroatoms. The fourth-order valence-corrected chi connectivity index (χ4v) is 2.96. The molecule has 0 radical (unpaired) electrons. The maximum absolute atomic E-state index is 12.3. The Morgan fingerprint density at radius 1 is 1.21 bits per heavy atom. The molecule has 0 aliphatic rings. The molecule has 1 rings (SSSR count). The third-order valence-corrected chi connectivity index (χ3v) is 4.89. The van der Waals surface area contributed by atoms with Crippen molar-refractivity contribution >= 4 is 15.7 Å². The number of hydrogen-bond donors (Lipinski definition) is 1. The van der Waals surface area contributed by atoms with Crippen LogP contribution in [0.5, 0.6) is 0 Å². The maximum atomic E-state index is 12.3. The minimum atomic E-state index is -3.43. The Morgan fingerprint density at radius 3 is 2.32 bits per heavy atom. The molecule has 0 amide bonds. The van der Waals surface area contributed by atoms with Crippen LogP contribution in [0.3, 0.4) is 0 Å². The van der Waals surface area contributed by atoms with Crippen LogP contribution >= 0.6 is 0 Å². The first kappa shape index (κ1) is 15.9. The van der Waals surface area contributed by atoms with Gasteiger partial charge in [0.1, 0.15) is 4.90 Å². The summed E-state index contributed by atoms with van der Waals surface area (Å²) in [5.74, 6) is 0.306. The molecule has 0 aromatic heterocycles.